The van der Waals surface area contributed by atoms with Crippen LogP contribution in [0.2, 0.25) is 0 Å². The van der Waals surface area contributed by atoms with Crippen LogP contribution in [0.15, 0.2) is 18.2 Å². The number of carboxylic acids is 1. The molecule has 0 atom stereocenters. The summed E-state index contributed by atoms with van der Waals surface area (Å²) in [5, 5.41) is 15.5. The lowest BCUT2D eigenvalue weighted by molar-refractivity contribution is -0.138. The van der Waals surface area contributed by atoms with Crippen molar-refractivity contribution in [2.75, 3.05) is 18.4 Å². The molecule has 3 N–H and O–H groups in total. The number of aryl methyl sites for hydroxylation is 2. The summed E-state index contributed by atoms with van der Waals surface area (Å²) in [4.78, 5) is 10.9. The van der Waals surface area contributed by atoms with Gasteiger partial charge in [0, 0.05) is 18.8 Å². The van der Waals surface area contributed by atoms with Gasteiger partial charge in [-0.15, -0.1) is 0 Å². The second-order valence-corrected chi connectivity index (χ2v) is 4.90. The van der Waals surface area contributed by atoms with Crippen molar-refractivity contribution in [2.45, 2.75) is 25.8 Å². The molecule has 17 heavy (non-hydrogen) atoms. The minimum Gasteiger partial charge on any atom is -0.481 e. The highest BCUT2D eigenvalue weighted by molar-refractivity contribution is 5.70. The van der Waals surface area contributed by atoms with Gasteiger partial charge in [-0.05, 0) is 31.0 Å². The Kier molecular flexibility index (Phi) is 3.07. The summed E-state index contributed by atoms with van der Waals surface area (Å²) >= 11 is 0. The normalized spacial score (nSPS) is 17.3. The Hall–Kier alpha value is -1.55. The summed E-state index contributed by atoms with van der Waals surface area (Å²) in [5.74, 6) is -0.760. The molecule has 0 aliphatic carbocycles. The predicted molar refractivity (Wildman–Crippen MR) is 67.4 cm³/mol. The molecule has 1 aliphatic rings. The molecule has 0 bridgehead atoms. The second-order valence-electron chi connectivity index (χ2n) is 4.90. The van der Waals surface area contributed by atoms with E-state index in [1.165, 1.54) is 5.56 Å². The zero-order chi connectivity index (χ0) is 12.5. The first-order chi connectivity index (χ1) is 8.01. The van der Waals surface area contributed by atoms with Gasteiger partial charge in [-0.25, -0.2) is 0 Å². The van der Waals surface area contributed by atoms with E-state index in [-0.39, 0.29) is 12.0 Å². The summed E-state index contributed by atoms with van der Waals surface area (Å²) < 4.78 is 0. The van der Waals surface area contributed by atoms with Crippen LogP contribution in [0.4, 0.5) is 5.69 Å². The van der Waals surface area contributed by atoms with Crippen LogP contribution in [0.1, 0.15) is 17.5 Å². The number of hydrogen-bond acceptors (Lipinski definition) is 3. The lowest BCUT2D eigenvalue weighted by Gasteiger charge is -2.43. The molecule has 4 nitrogen and oxygen atoms in total. The summed E-state index contributed by atoms with van der Waals surface area (Å²) in [5.41, 5.74) is 3.03. The zero-order valence-electron chi connectivity index (χ0n) is 10.2. The van der Waals surface area contributed by atoms with Crippen molar-refractivity contribution >= 4 is 11.7 Å². The SMILES string of the molecule is Cc1ccc(C)c(NC2(CC(=O)O)CNC2)c1. The molecule has 1 saturated heterocycles. The molecule has 1 aromatic carbocycles. The van der Waals surface area contributed by atoms with Crippen LogP contribution < -0.4 is 10.6 Å². The van der Waals surface area contributed by atoms with Crippen LogP contribution >= 0.6 is 0 Å². The fourth-order valence-electron chi connectivity index (χ4n) is 2.13. The van der Waals surface area contributed by atoms with Crippen molar-refractivity contribution in [1.82, 2.24) is 5.32 Å². The molecular weight excluding hydrogens is 216 g/mol. The van der Waals surface area contributed by atoms with E-state index in [4.69, 9.17) is 5.11 Å². The Balaban J connectivity index is 2.18. The average molecular weight is 234 g/mol. The molecule has 1 heterocycles. The molecule has 0 radical (unpaired) electrons. The smallest absolute Gasteiger partial charge is 0.305 e. The summed E-state index contributed by atoms with van der Waals surface area (Å²) in [7, 11) is 0. The van der Waals surface area contributed by atoms with E-state index in [0.717, 1.165) is 11.3 Å². The van der Waals surface area contributed by atoms with Crippen LogP contribution in [0.25, 0.3) is 0 Å². The molecule has 0 amide bonds. The number of anilines is 1. The largest absolute Gasteiger partial charge is 0.481 e. The number of hydrogen-bond donors (Lipinski definition) is 3. The zero-order valence-corrected chi connectivity index (χ0v) is 10.2. The highest BCUT2D eigenvalue weighted by Crippen LogP contribution is 2.26. The topological polar surface area (TPSA) is 61.4 Å². The molecule has 2 rings (SSSR count). The van der Waals surface area contributed by atoms with E-state index < -0.39 is 5.97 Å². The lowest BCUT2D eigenvalue weighted by Crippen LogP contribution is -2.65. The Bertz CT molecular complexity index is 439. The highest BCUT2D eigenvalue weighted by atomic mass is 16.4. The van der Waals surface area contributed by atoms with Crippen molar-refractivity contribution in [1.29, 1.82) is 0 Å². The maximum Gasteiger partial charge on any atom is 0.305 e. The van der Waals surface area contributed by atoms with E-state index in [0.29, 0.717) is 13.1 Å². The first-order valence-corrected chi connectivity index (χ1v) is 5.79. The molecule has 1 fully saturated rings. The van der Waals surface area contributed by atoms with Gasteiger partial charge >= 0.3 is 5.97 Å². The molecule has 0 saturated carbocycles. The van der Waals surface area contributed by atoms with Crippen LogP contribution in [0.5, 0.6) is 0 Å². The third-order valence-corrected chi connectivity index (χ3v) is 3.21. The second kappa shape index (κ2) is 4.37. The molecule has 1 aliphatic heterocycles. The van der Waals surface area contributed by atoms with E-state index in [2.05, 4.69) is 28.8 Å². The molecule has 4 heteroatoms. The number of aliphatic carboxylic acids is 1. The van der Waals surface area contributed by atoms with Gasteiger partial charge in [0.05, 0.1) is 12.0 Å². The Morgan fingerprint density at radius 2 is 2.18 bits per heavy atom. The fraction of sp³-hybridized carbons (Fsp3) is 0.462. The number of carbonyl (C=O) groups is 1. The monoisotopic (exact) mass is 234 g/mol. The van der Waals surface area contributed by atoms with Gasteiger partial charge in [0.15, 0.2) is 0 Å². The van der Waals surface area contributed by atoms with E-state index in [1.54, 1.807) is 0 Å². The molecule has 0 unspecified atom stereocenters. The molecule has 92 valence electrons. The third kappa shape index (κ3) is 2.58. The van der Waals surface area contributed by atoms with Gasteiger partial charge in [0.2, 0.25) is 0 Å². The van der Waals surface area contributed by atoms with Gasteiger partial charge in [-0.3, -0.25) is 4.79 Å². The Labute approximate surface area is 101 Å². The van der Waals surface area contributed by atoms with E-state index in [9.17, 15) is 4.79 Å². The summed E-state index contributed by atoms with van der Waals surface area (Å²) in [6.45, 7) is 5.47. The Morgan fingerprint density at radius 1 is 1.47 bits per heavy atom. The van der Waals surface area contributed by atoms with Crippen LogP contribution in [-0.2, 0) is 4.79 Å². The van der Waals surface area contributed by atoms with Crippen LogP contribution in [-0.4, -0.2) is 29.7 Å². The van der Waals surface area contributed by atoms with Gasteiger partial charge in [0.25, 0.3) is 0 Å². The minimum absolute atomic E-state index is 0.146. The van der Waals surface area contributed by atoms with E-state index >= 15 is 0 Å². The van der Waals surface area contributed by atoms with Gasteiger partial charge < -0.3 is 15.7 Å². The van der Waals surface area contributed by atoms with Crippen molar-refractivity contribution in [3.05, 3.63) is 29.3 Å². The summed E-state index contributed by atoms with van der Waals surface area (Å²) in [6, 6.07) is 6.18. The third-order valence-electron chi connectivity index (χ3n) is 3.21. The highest BCUT2D eigenvalue weighted by Gasteiger charge is 2.39. The van der Waals surface area contributed by atoms with Crippen LogP contribution in [0, 0.1) is 13.8 Å². The van der Waals surface area contributed by atoms with Gasteiger partial charge in [0.1, 0.15) is 0 Å². The quantitative estimate of drug-likeness (QED) is 0.739. The van der Waals surface area contributed by atoms with Crippen molar-refractivity contribution < 1.29 is 9.90 Å². The first-order valence-electron chi connectivity index (χ1n) is 5.79. The van der Waals surface area contributed by atoms with Crippen molar-refractivity contribution in [3.63, 3.8) is 0 Å². The number of rotatable bonds is 4. The standard InChI is InChI=1S/C13H18N2O2/c1-9-3-4-10(2)11(5-9)15-13(6-12(16)17)7-14-8-13/h3-5,14-15H,6-8H2,1-2H3,(H,16,17). The number of benzene rings is 1. The number of carboxylic acid groups (broad SMARTS) is 1. The maximum atomic E-state index is 10.9. The molecular formula is C13H18N2O2. The Morgan fingerprint density at radius 3 is 2.71 bits per heavy atom. The first kappa shape index (κ1) is 11.9. The predicted octanol–water partition coefficient (Wildman–Crippen LogP) is 1.53. The average Bonchev–Trinajstić information content (AvgIpc) is 2.19. The molecule has 1 aromatic rings. The maximum absolute atomic E-state index is 10.9. The lowest BCUT2D eigenvalue weighted by atomic mass is 9.88. The van der Waals surface area contributed by atoms with Crippen molar-refractivity contribution in [2.24, 2.45) is 0 Å². The van der Waals surface area contributed by atoms with Gasteiger partial charge in [-0.2, -0.15) is 0 Å². The molecule has 0 aromatic heterocycles. The fourth-order valence-corrected chi connectivity index (χ4v) is 2.13. The molecule has 0 spiro atoms. The van der Waals surface area contributed by atoms with E-state index in [1.807, 2.05) is 13.8 Å². The minimum atomic E-state index is -0.760. The summed E-state index contributed by atoms with van der Waals surface area (Å²) in [6.07, 6.45) is 0.146. The van der Waals surface area contributed by atoms with Gasteiger partial charge in [-0.1, -0.05) is 12.1 Å². The number of nitrogens with one attached hydrogen (secondary N) is 2. The van der Waals surface area contributed by atoms with Crippen molar-refractivity contribution in [3.8, 4) is 0 Å². The van der Waals surface area contributed by atoms with Crippen LogP contribution in [0.3, 0.4) is 0 Å².